The molecule has 4 nitrogen and oxygen atoms in total. The molecule has 0 spiro atoms. The Morgan fingerprint density at radius 2 is 2.57 bits per heavy atom. The predicted octanol–water partition coefficient (Wildman–Crippen LogP) is 0.459. The van der Waals surface area contributed by atoms with E-state index in [0.29, 0.717) is 6.42 Å². The van der Waals surface area contributed by atoms with Gasteiger partial charge in [-0.05, 0) is 0 Å². The Kier molecular flexibility index (Phi) is 2.83. The molecule has 0 heterocycles. The predicted molar refractivity (Wildman–Crippen MR) is 23.6 cm³/mol. The minimum Gasteiger partial charge on any atom is -0.273 e. The minimum absolute atomic E-state index is 0.227. The van der Waals surface area contributed by atoms with E-state index in [-0.39, 0.29) is 5.91 Å². The summed E-state index contributed by atoms with van der Waals surface area (Å²) in [4.78, 5) is 10.1. The van der Waals surface area contributed by atoms with E-state index in [1.165, 1.54) is 0 Å². The highest BCUT2D eigenvalue weighted by molar-refractivity contribution is 5.74. The van der Waals surface area contributed by atoms with E-state index in [0.717, 1.165) is 0 Å². The van der Waals surface area contributed by atoms with E-state index in [4.69, 9.17) is 5.53 Å². The Balaban J connectivity index is 3.17. The first-order valence-electron chi connectivity index (χ1n) is 1.96. The molecule has 1 amide bonds. The zero-order chi connectivity index (χ0) is 5.70. The first kappa shape index (κ1) is 6.07. The fourth-order valence-corrected chi connectivity index (χ4v) is 0.141. The van der Waals surface area contributed by atoms with Crippen molar-refractivity contribution in [3.05, 3.63) is 0 Å². The molecule has 0 atom stereocenters. The molecule has 0 aromatic rings. The molecule has 0 saturated carbocycles. The zero-order valence-electron chi connectivity index (χ0n) is 4.06. The van der Waals surface area contributed by atoms with E-state index < -0.39 is 0 Å². The summed E-state index contributed by atoms with van der Waals surface area (Å²) >= 11 is 0. The Labute approximate surface area is 41.4 Å². The third-order valence-electron chi connectivity index (χ3n) is 0.502. The number of amides is 1. The van der Waals surface area contributed by atoms with Gasteiger partial charge in [0.1, 0.15) is 0 Å². The lowest BCUT2D eigenvalue weighted by molar-refractivity contribution is -0.120. The number of hydrogen-bond acceptors (Lipinski definition) is 3. The molecule has 0 aromatic heterocycles. The molecule has 0 aliphatic carbocycles. The molecule has 0 unspecified atom stereocenters. The van der Waals surface area contributed by atoms with Crippen molar-refractivity contribution < 1.29 is 4.79 Å². The van der Waals surface area contributed by atoms with E-state index in [9.17, 15) is 4.79 Å². The largest absolute Gasteiger partial charge is 0.273 e. The Morgan fingerprint density at radius 1 is 2.00 bits per heavy atom. The molecule has 0 bridgehead atoms. The van der Waals surface area contributed by atoms with Crippen LogP contribution < -0.4 is 5.43 Å². The number of nitrogens with zero attached hydrogens (tertiary/aromatic N) is 1. The molecule has 0 fully saturated rings. The van der Waals surface area contributed by atoms with Crippen LogP contribution in [-0.4, -0.2) is 5.91 Å². The quantitative estimate of drug-likeness (QED) is 0.385. The van der Waals surface area contributed by atoms with Gasteiger partial charge in [0.15, 0.2) is 0 Å². The van der Waals surface area contributed by atoms with Crippen molar-refractivity contribution in [1.29, 1.82) is 5.53 Å². The van der Waals surface area contributed by atoms with Gasteiger partial charge in [0.05, 0.1) is 0 Å². The molecular formula is C3H7N3O. The summed E-state index contributed by atoms with van der Waals surface area (Å²) in [7, 11) is 0. The van der Waals surface area contributed by atoms with Gasteiger partial charge in [0.25, 0.3) is 0 Å². The van der Waals surface area contributed by atoms with Crippen molar-refractivity contribution >= 4 is 5.91 Å². The molecule has 2 N–H and O–H groups in total. The topological polar surface area (TPSA) is 65.3 Å². The summed E-state index contributed by atoms with van der Waals surface area (Å²) in [5, 5.41) is 2.66. The highest BCUT2D eigenvalue weighted by Crippen LogP contribution is 1.71. The van der Waals surface area contributed by atoms with E-state index in [1.54, 1.807) is 6.92 Å². The molecule has 0 saturated heterocycles. The summed E-state index contributed by atoms with van der Waals surface area (Å²) in [5.41, 5.74) is 8.08. The smallest absolute Gasteiger partial charge is 0.241 e. The molecule has 7 heavy (non-hydrogen) atoms. The van der Waals surface area contributed by atoms with Crippen molar-refractivity contribution in [1.82, 2.24) is 5.43 Å². The maximum absolute atomic E-state index is 10.1. The monoisotopic (exact) mass is 101 g/mol. The summed E-state index contributed by atoms with van der Waals surface area (Å²) in [5.74, 6) is -0.227. The molecule has 0 aromatic carbocycles. The minimum atomic E-state index is -0.227. The van der Waals surface area contributed by atoms with Gasteiger partial charge in [-0.25, -0.2) is 5.43 Å². The van der Waals surface area contributed by atoms with Gasteiger partial charge >= 0.3 is 0 Å². The summed E-state index contributed by atoms with van der Waals surface area (Å²) in [6.45, 7) is 1.69. The van der Waals surface area contributed by atoms with Gasteiger partial charge < -0.3 is 0 Å². The Morgan fingerprint density at radius 3 is 2.71 bits per heavy atom. The summed E-state index contributed by atoms with van der Waals surface area (Å²) in [6.07, 6.45) is 0.377. The van der Waals surface area contributed by atoms with E-state index >= 15 is 0 Å². The van der Waals surface area contributed by atoms with Crippen LogP contribution in [0.3, 0.4) is 0 Å². The SMILES string of the molecule is CCC(=O)NN=N. The number of rotatable bonds is 2. The van der Waals surface area contributed by atoms with E-state index in [1.807, 2.05) is 5.43 Å². The van der Waals surface area contributed by atoms with Crippen molar-refractivity contribution in [3.8, 4) is 0 Å². The van der Waals surface area contributed by atoms with Crippen molar-refractivity contribution in [2.24, 2.45) is 5.22 Å². The highest BCUT2D eigenvalue weighted by Gasteiger charge is 1.88. The average molecular weight is 101 g/mol. The molecule has 4 heteroatoms. The maximum atomic E-state index is 10.1. The van der Waals surface area contributed by atoms with Crippen LogP contribution >= 0.6 is 0 Å². The van der Waals surface area contributed by atoms with Crippen LogP contribution in [0, 0.1) is 5.53 Å². The number of hydrogen-bond donors (Lipinski definition) is 2. The average Bonchev–Trinajstić information content (AvgIpc) is 1.68. The lowest BCUT2D eigenvalue weighted by Gasteiger charge is -1.86. The van der Waals surface area contributed by atoms with Gasteiger partial charge in [-0.15, -0.1) is 0 Å². The lowest BCUT2D eigenvalue weighted by Crippen LogP contribution is -2.13. The molecule has 0 rings (SSSR count). The van der Waals surface area contributed by atoms with Crippen LogP contribution in [0.4, 0.5) is 0 Å². The molecular weight excluding hydrogens is 94.1 g/mol. The number of nitrogens with one attached hydrogen (secondary N) is 2. The van der Waals surface area contributed by atoms with Crippen LogP contribution in [-0.2, 0) is 4.79 Å². The summed E-state index contributed by atoms with van der Waals surface area (Å²) < 4.78 is 0. The first-order valence-corrected chi connectivity index (χ1v) is 1.96. The van der Waals surface area contributed by atoms with Gasteiger partial charge in [-0.2, -0.15) is 5.53 Å². The summed E-state index contributed by atoms with van der Waals surface area (Å²) in [6, 6.07) is 0. The zero-order valence-corrected chi connectivity index (χ0v) is 4.06. The third-order valence-corrected chi connectivity index (χ3v) is 0.502. The number of carbonyl (C=O) groups is 1. The standard InChI is InChI=1S/C3H7N3O/c1-2-3(7)5-6-4/h2H2,1H3,(H2,4,5,7). The van der Waals surface area contributed by atoms with Crippen molar-refractivity contribution in [2.75, 3.05) is 0 Å². The Bertz CT molecular complexity index is 80.2. The van der Waals surface area contributed by atoms with Crippen LogP contribution in [0.1, 0.15) is 13.3 Å². The van der Waals surface area contributed by atoms with Gasteiger partial charge in [0, 0.05) is 6.42 Å². The van der Waals surface area contributed by atoms with Crippen molar-refractivity contribution in [2.45, 2.75) is 13.3 Å². The van der Waals surface area contributed by atoms with Crippen LogP contribution in [0.15, 0.2) is 5.22 Å². The van der Waals surface area contributed by atoms with E-state index in [2.05, 4.69) is 5.22 Å². The fraction of sp³-hybridized carbons (Fsp3) is 0.667. The Hall–Kier alpha value is -0.930. The van der Waals surface area contributed by atoms with Crippen LogP contribution in [0.5, 0.6) is 0 Å². The second kappa shape index (κ2) is 3.27. The normalized spacial score (nSPS) is 7.57. The van der Waals surface area contributed by atoms with Gasteiger partial charge in [-0.1, -0.05) is 12.1 Å². The van der Waals surface area contributed by atoms with Crippen LogP contribution in [0.25, 0.3) is 0 Å². The van der Waals surface area contributed by atoms with Gasteiger partial charge in [-0.3, -0.25) is 4.79 Å². The first-order chi connectivity index (χ1) is 3.31. The van der Waals surface area contributed by atoms with Crippen molar-refractivity contribution in [3.63, 3.8) is 0 Å². The maximum Gasteiger partial charge on any atom is 0.241 e. The van der Waals surface area contributed by atoms with Gasteiger partial charge in [0.2, 0.25) is 5.91 Å². The third kappa shape index (κ3) is 2.88. The molecule has 40 valence electrons. The highest BCUT2D eigenvalue weighted by atomic mass is 16.2. The second-order valence-electron chi connectivity index (χ2n) is 1.00. The fourth-order valence-electron chi connectivity index (χ4n) is 0.141. The molecule has 0 aliphatic rings. The number of carbonyl (C=O) groups excluding carboxylic acids is 1. The lowest BCUT2D eigenvalue weighted by atomic mass is 10.5. The molecule has 0 aliphatic heterocycles. The second-order valence-corrected chi connectivity index (χ2v) is 1.00. The molecule has 0 radical (unpaired) electrons. The van der Waals surface area contributed by atoms with Crippen LogP contribution in [0.2, 0.25) is 0 Å².